The molecule has 1 aromatic heterocycles. The molecule has 1 saturated carbocycles. The normalized spacial score (nSPS) is 23.7. The highest BCUT2D eigenvalue weighted by molar-refractivity contribution is 7.91. The summed E-state index contributed by atoms with van der Waals surface area (Å²) in [5, 5.41) is 4.58. The maximum absolute atomic E-state index is 12.5. The molecule has 0 bridgehead atoms. The van der Waals surface area contributed by atoms with Gasteiger partial charge in [-0.25, -0.2) is 8.42 Å². The van der Waals surface area contributed by atoms with E-state index in [2.05, 4.69) is 5.10 Å². The van der Waals surface area contributed by atoms with E-state index < -0.39 is 9.84 Å². The highest BCUT2D eigenvalue weighted by Crippen LogP contribution is 2.29. The quantitative estimate of drug-likeness (QED) is 0.830. The van der Waals surface area contributed by atoms with E-state index in [4.69, 9.17) is 0 Å². The Bertz CT molecular complexity index is 733. The van der Waals surface area contributed by atoms with Gasteiger partial charge in [-0.05, 0) is 33.1 Å². The molecule has 1 aliphatic carbocycles. The van der Waals surface area contributed by atoms with E-state index in [0.29, 0.717) is 13.0 Å². The monoisotopic (exact) mass is 353 g/mol. The number of hydrogen-bond acceptors (Lipinski definition) is 4. The van der Waals surface area contributed by atoms with Crippen LogP contribution in [-0.4, -0.2) is 47.6 Å². The van der Waals surface area contributed by atoms with Gasteiger partial charge in [-0.1, -0.05) is 12.8 Å². The second-order valence-electron chi connectivity index (χ2n) is 7.33. The van der Waals surface area contributed by atoms with Crippen molar-refractivity contribution in [1.82, 2.24) is 14.7 Å². The molecular formula is C17H27N3O3S. The lowest BCUT2D eigenvalue weighted by Gasteiger charge is -2.21. The number of nitrogens with zero attached hydrogens (tertiary/aromatic N) is 3. The molecule has 1 amide bonds. The average Bonchev–Trinajstić information content (AvgIpc) is 3.22. The van der Waals surface area contributed by atoms with Gasteiger partial charge in [-0.15, -0.1) is 0 Å². The molecule has 6 nitrogen and oxygen atoms in total. The van der Waals surface area contributed by atoms with Crippen molar-refractivity contribution in [2.75, 3.05) is 18.6 Å². The Morgan fingerprint density at radius 3 is 2.50 bits per heavy atom. The van der Waals surface area contributed by atoms with Gasteiger partial charge in [-0.2, -0.15) is 5.10 Å². The lowest BCUT2D eigenvalue weighted by atomic mass is 10.1. The van der Waals surface area contributed by atoms with Crippen LogP contribution in [0, 0.1) is 19.8 Å². The van der Waals surface area contributed by atoms with Crippen LogP contribution in [0.25, 0.3) is 0 Å². The van der Waals surface area contributed by atoms with Gasteiger partial charge in [0.25, 0.3) is 0 Å². The van der Waals surface area contributed by atoms with Crippen LogP contribution in [0.4, 0.5) is 0 Å². The number of aryl methyl sites for hydroxylation is 1. The summed E-state index contributed by atoms with van der Waals surface area (Å²) >= 11 is 0. The first-order valence-corrected chi connectivity index (χ1v) is 10.6. The van der Waals surface area contributed by atoms with Crippen LogP contribution in [-0.2, 0) is 21.2 Å². The minimum atomic E-state index is -2.94. The molecule has 1 aromatic rings. The largest absolute Gasteiger partial charge is 0.341 e. The molecule has 0 N–H and O–H groups in total. The lowest BCUT2D eigenvalue weighted by molar-refractivity contribution is -0.134. The van der Waals surface area contributed by atoms with E-state index in [1.54, 1.807) is 0 Å². The summed E-state index contributed by atoms with van der Waals surface area (Å²) in [5.41, 5.74) is 2.93. The molecule has 0 radical (unpaired) electrons. The average molecular weight is 353 g/mol. The van der Waals surface area contributed by atoms with E-state index in [1.807, 2.05) is 30.5 Å². The molecule has 134 valence electrons. The van der Waals surface area contributed by atoms with Crippen molar-refractivity contribution in [2.45, 2.75) is 58.5 Å². The summed E-state index contributed by atoms with van der Waals surface area (Å²) in [6, 6.07) is -0.0710. The summed E-state index contributed by atoms with van der Waals surface area (Å²) < 4.78 is 25.3. The minimum Gasteiger partial charge on any atom is -0.341 e. The molecule has 0 unspecified atom stereocenters. The fourth-order valence-corrected chi connectivity index (χ4v) is 5.74. The fourth-order valence-electron chi connectivity index (χ4n) is 4.05. The zero-order valence-corrected chi connectivity index (χ0v) is 15.6. The van der Waals surface area contributed by atoms with E-state index >= 15 is 0 Å². The Hall–Kier alpha value is -1.37. The van der Waals surface area contributed by atoms with Crippen molar-refractivity contribution in [3.8, 4) is 0 Å². The van der Waals surface area contributed by atoms with Gasteiger partial charge in [-0.3, -0.25) is 9.48 Å². The number of amides is 1. The number of carbonyl (C=O) groups is 1. The predicted octanol–water partition coefficient (Wildman–Crippen LogP) is 2.01. The highest BCUT2D eigenvalue weighted by Gasteiger charge is 2.32. The van der Waals surface area contributed by atoms with Crippen molar-refractivity contribution >= 4 is 15.7 Å². The molecule has 1 aliphatic heterocycles. The van der Waals surface area contributed by atoms with E-state index in [0.717, 1.165) is 42.6 Å². The van der Waals surface area contributed by atoms with Crippen LogP contribution in [0.5, 0.6) is 0 Å². The first-order valence-electron chi connectivity index (χ1n) is 8.78. The Balaban J connectivity index is 1.75. The van der Waals surface area contributed by atoms with Crippen LogP contribution in [0.3, 0.4) is 0 Å². The fraction of sp³-hybridized carbons (Fsp3) is 0.765. The summed E-state index contributed by atoms with van der Waals surface area (Å²) in [5.74, 6) is 0.810. The molecule has 3 rings (SSSR count). The van der Waals surface area contributed by atoms with Crippen molar-refractivity contribution in [3.05, 3.63) is 17.0 Å². The molecular weight excluding hydrogens is 326 g/mol. The van der Waals surface area contributed by atoms with Crippen molar-refractivity contribution in [2.24, 2.45) is 5.92 Å². The van der Waals surface area contributed by atoms with E-state index in [1.165, 1.54) is 0 Å². The standard InChI is InChI=1S/C17H27N3O3S/c1-12-16(10-19(3)17(21)14-6-4-5-7-14)13(2)20(18-12)15-8-9-24(22,23)11-15/h14-15H,4-11H2,1-3H3/t15-/m0/s1. The Morgan fingerprint density at radius 2 is 1.92 bits per heavy atom. The van der Waals surface area contributed by atoms with Crippen LogP contribution in [0.2, 0.25) is 0 Å². The molecule has 0 spiro atoms. The molecule has 0 aromatic carbocycles. The van der Waals surface area contributed by atoms with Crippen molar-refractivity contribution in [1.29, 1.82) is 0 Å². The molecule has 1 saturated heterocycles. The molecule has 7 heteroatoms. The number of sulfone groups is 1. The molecule has 2 heterocycles. The van der Waals surface area contributed by atoms with Gasteiger partial charge in [0.15, 0.2) is 9.84 Å². The van der Waals surface area contributed by atoms with Crippen LogP contribution in [0.15, 0.2) is 0 Å². The summed E-state index contributed by atoms with van der Waals surface area (Å²) in [4.78, 5) is 14.3. The van der Waals surface area contributed by atoms with Crippen LogP contribution in [0.1, 0.15) is 55.1 Å². The van der Waals surface area contributed by atoms with Gasteiger partial charge < -0.3 is 4.90 Å². The smallest absolute Gasteiger partial charge is 0.225 e. The predicted molar refractivity (Wildman–Crippen MR) is 92.4 cm³/mol. The van der Waals surface area contributed by atoms with Crippen LogP contribution < -0.4 is 0 Å². The second kappa shape index (κ2) is 6.50. The third-order valence-electron chi connectivity index (χ3n) is 5.51. The Kier molecular flexibility index (Phi) is 4.73. The summed E-state index contributed by atoms with van der Waals surface area (Å²) in [7, 11) is -1.08. The number of aromatic nitrogens is 2. The second-order valence-corrected chi connectivity index (χ2v) is 9.56. The zero-order chi connectivity index (χ0) is 17.5. The Labute approximate surface area is 144 Å². The van der Waals surface area contributed by atoms with Crippen molar-refractivity contribution in [3.63, 3.8) is 0 Å². The number of rotatable bonds is 4. The van der Waals surface area contributed by atoms with E-state index in [-0.39, 0.29) is 29.4 Å². The molecule has 1 atom stereocenters. The topological polar surface area (TPSA) is 72.3 Å². The zero-order valence-electron chi connectivity index (χ0n) is 14.8. The maximum Gasteiger partial charge on any atom is 0.225 e. The molecule has 2 fully saturated rings. The third kappa shape index (κ3) is 3.36. The number of carbonyl (C=O) groups excluding carboxylic acids is 1. The lowest BCUT2D eigenvalue weighted by Crippen LogP contribution is -2.31. The highest BCUT2D eigenvalue weighted by atomic mass is 32.2. The first-order chi connectivity index (χ1) is 11.3. The van der Waals surface area contributed by atoms with Crippen LogP contribution >= 0.6 is 0 Å². The SMILES string of the molecule is Cc1nn([C@H]2CCS(=O)(=O)C2)c(C)c1CN(C)C(=O)C1CCCC1. The van der Waals surface area contributed by atoms with Gasteiger partial charge in [0.05, 0.1) is 23.2 Å². The minimum absolute atomic E-state index is 0.0710. The molecule has 2 aliphatic rings. The van der Waals surface area contributed by atoms with Gasteiger partial charge in [0.1, 0.15) is 0 Å². The number of hydrogen-bond donors (Lipinski definition) is 0. The van der Waals surface area contributed by atoms with Gasteiger partial charge >= 0.3 is 0 Å². The maximum atomic E-state index is 12.5. The van der Waals surface area contributed by atoms with E-state index in [9.17, 15) is 13.2 Å². The molecule has 24 heavy (non-hydrogen) atoms. The van der Waals surface area contributed by atoms with Crippen molar-refractivity contribution < 1.29 is 13.2 Å². The van der Waals surface area contributed by atoms with Gasteiger partial charge in [0.2, 0.25) is 5.91 Å². The van der Waals surface area contributed by atoms with Gasteiger partial charge in [0, 0.05) is 30.8 Å². The third-order valence-corrected chi connectivity index (χ3v) is 7.26. The summed E-state index contributed by atoms with van der Waals surface area (Å²) in [6.07, 6.45) is 4.92. The summed E-state index contributed by atoms with van der Waals surface area (Å²) in [6.45, 7) is 4.47. The Morgan fingerprint density at radius 1 is 1.25 bits per heavy atom. The first kappa shape index (κ1) is 17.5.